The van der Waals surface area contributed by atoms with E-state index in [0.717, 1.165) is 11.3 Å². The molecule has 0 atom stereocenters. The van der Waals surface area contributed by atoms with Gasteiger partial charge in [-0.25, -0.2) is 10.1 Å². The van der Waals surface area contributed by atoms with Crippen molar-refractivity contribution in [3.63, 3.8) is 0 Å². The monoisotopic (exact) mass is 459 g/mol. The Balaban J connectivity index is 1.38. The summed E-state index contributed by atoms with van der Waals surface area (Å²) in [6.07, 6.45) is 1.49. The van der Waals surface area contributed by atoms with Gasteiger partial charge in [0, 0.05) is 21.8 Å². The third-order valence-corrected chi connectivity index (χ3v) is 4.97. The van der Waals surface area contributed by atoms with Crippen LogP contribution in [-0.2, 0) is 0 Å². The summed E-state index contributed by atoms with van der Waals surface area (Å²) in [6.45, 7) is 1.79. The Hall–Kier alpha value is -4.37. The SMILES string of the molecule is C/C(=N\NC(=O)c1ccc(NC(=O)c2ccc(Cl)cc2)cc1)c1cccc(-n2cnnn2)c1. The molecule has 9 nitrogen and oxygen atoms in total. The first-order valence-electron chi connectivity index (χ1n) is 9.85. The highest BCUT2D eigenvalue weighted by Gasteiger charge is 2.09. The maximum Gasteiger partial charge on any atom is 0.271 e. The van der Waals surface area contributed by atoms with E-state index in [1.54, 1.807) is 55.5 Å². The van der Waals surface area contributed by atoms with Gasteiger partial charge in [0.2, 0.25) is 0 Å². The molecule has 0 bridgehead atoms. The van der Waals surface area contributed by atoms with E-state index >= 15 is 0 Å². The topological polar surface area (TPSA) is 114 Å². The average molecular weight is 460 g/mol. The minimum atomic E-state index is -0.374. The van der Waals surface area contributed by atoms with Crippen LogP contribution >= 0.6 is 11.6 Å². The Bertz CT molecular complexity index is 1300. The van der Waals surface area contributed by atoms with Gasteiger partial charge in [0.1, 0.15) is 6.33 Å². The number of aromatic nitrogens is 4. The van der Waals surface area contributed by atoms with E-state index in [1.165, 1.54) is 11.0 Å². The van der Waals surface area contributed by atoms with E-state index in [0.29, 0.717) is 27.5 Å². The van der Waals surface area contributed by atoms with Crippen LogP contribution in [0.2, 0.25) is 5.02 Å². The second-order valence-corrected chi connectivity index (χ2v) is 7.42. The van der Waals surface area contributed by atoms with Gasteiger partial charge < -0.3 is 5.32 Å². The molecule has 0 saturated carbocycles. The summed E-state index contributed by atoms with van der Waals surface area (Å²) in [6, 6.07) is 20.5. The zero-order valence-corrected chi connectivity index (χ0v) is 18.2. The van der Waals surface area contributed by atoms with Crippen LogP contribution in [0.5, 0.6) is 0 Å². The number of benzene rings is 3. The molecule has 4 rings (SSSR count). The molecule has 2 N–H and O–H groups in total. The summed E-state index contributed by atoms with van der Waals surface area (Å²) in [4.78, 5) is 24.8. The van der Waals surface area contributed by atoms with E-state index in [9.17, 15) is 9.59 Å². The van der Waals surface area contributed by atoms with Gasteiger partial charge in [-0.2, -0.15) is 5.10 Å². The molecule has 2 amide bonds. The summed E-state index contributed by atoms with van der Waals surface area (Å²) < 4.78 is 1.53. The van der Waals surface area contributed by atoms with Crippen molar-refractivity contribution < 1.29 is 9.59 Å². The number of hydrazone groups is 1. The summed E-state index contributed by atoms with van der Waals surface area (Å²) >= 11 is 5.84. The van der Waals surface area contributed by atoms with Crippen molar-refractivity contribution in [3.8, 4) is 5.69 Å². The molecule has 1 heterocycles. The average Bonchev–Trinajstić information content (AvgIpc) is 3.38. The van der Waals surface area contributed by atoms with Crippen molar-refractivity contribution in [1.29, 1.82) is 0 Å². The molecule has 33 heavy (non-hydrogen) atoms. The molecule has 0 unspecified atom stereocenters. The number of amides is 2. The zero-order valence-electron chi connectivity index (χ0n) is 17.4. The van der Waals surface area contributed by atoms with Gasteiger partial charge in [-0.1, -0.05) is 23.7 Å². The Kier molecular flexibility index (Phi) is 6.51. The number of nitrogens with one attached hydrogen (secondary N) is 2. The first-order chi connectivity index (χ1) is 16.0. The van der Waals surface area contributed by atoms with Gasteiger partial charge >= 0.3 is 0 Å². The highest BCUT2D eigenvalue weighted by atomic mass is 35.5. The summed E-state index contributed by atoms with van der Waals surface area (Å²) in [5.41, 5.74) is 6.19. The van der Waals surface area contributed by atoms with Gasteiger partial charge in [0.25, 0.3) is 11.8 Å². The maximum atomic E-state index is 12.5. The molecule has 0 fully saturated rings. The van der Waals surface area contributed by atoms with Crippen LogP contribution in [0.4, 0.5) is 5.69 Å². The molecule has 0 saturated heterocycles. The second kappa shape index (κ2) is 9.84. The van der Waals surface area contributed by atoms with Crippen molar-refractivity contribution >= 4 is 34.8 Å². The molecule has 0 aliphatic rings. The largest absolute Gasteiger partial charge is 0.322 e. The van der Waals surface area contributed by atoms with E-state index in [2.05, 4.69) is 31.4 Å². The lowest BCUT2D eigenvalue weighted by Crippen LogP contribution is -2.19. The number of carbonyl (C=O) groups is 2. The van der Waals surface area contributed by atoms with Crippen LogP contribution in [0.25, 0.3) is 5.69 Å². The number of tetrazole rings is 1. The molecule has 0 aliphatic heterocycles. The summed E-state index contributed by atoms with van der Waals surface area (Å²) in [5.74, 6) is -0.644. The van der Waals surface area contributed by atoms with Crippen LogP contribution < -0.4 is 10.7 Å². The minimum Gasteiger partial charge on any atom is -0.322 e. The molecule has 0 aliphatic carbocycles. The lowest BCUT2D eigenvalue weighted by atomic mass is 10.1. The van der Waals surface area contributed by atoms with Crippen molar-refractivity contribution in [2.75, 3.05) is 5.32 Å². The quantitative estimate of drug-likeness (QED) is 0.337. The highest BCUT2D eigenvalue weighted by Crippen LogP contribution is 2.14. The third kappa shape index (κ3) is 5.46. The zero-order chi connectivity index (χ0) is 23.2. The summed E-state index contributed by atoms with van der Waals surface area (Å²) in [5, 5.41) is 18.6. The second-order valence-electron chi connectivity index (χ2n) is 6.98. The molecule has 0 radical (unpaired) electrons. The molecule has 164 valence electrons. The van der Waals surface area contributed by atoms with Gasteiger partial charge in [0.05, 0.1) is 11.4 Å². The first-order valence-corrected chi connectivity index (χ1v) is 10.2. The number of halogens is 1. The number of carbonyl (C=O) groups excluding carboxylic acids is 2. The van der Waals surface area contributed by atoms with Crippen LogP contribution in [0, 0.1) is 0 Å². The van der Waals surface area contributed by atoms with Crippen molar-refractivity contribution in [2.24, 2.45) is 5.10 Å². The number of hydrogen-bond acceptors (Lipinski definition) is 6. The lowest BCUT2D eigenvalue weighted by Gasteiger charge is -2.07. The van der Waals surface area contributed by atoms with Crippen LogP contribution in [0.3, 0.4) is 0 Å². The number of anilines is 1. The van der Waals surface area contributed by atoms with E-state index in [4.69, 9.17) is 11.6 Å². The molecular weight excluding hydrogens is 442 g/mol. The smallest absolute Gasteiger partial charge is 0.271 e. The fourth-order valence-electron chi connectivity index (χ4n) is 2.93. The Morgan fingerprint density at radius 2 is 1.61 bits per heavy atom. The normalized spacial score (nSPS) is 11.2. The van der Waals surface area contributed by atoms with Crippen LogP contribution in [-0.4, -0.2) is 37.7 Å². The Labute approximate surface area is 194 Å². The summed E-state index contributed by atoms with van der Waals surface area (Å²) in [7, 11) is 0. The van der Waals surface area contributed by atoms with E-state index in [-0.39, 0.29) is 11.8 Å². The van der Waals surface area contributed by atoms with Gasteiger partial charge in [-0.05, 0) is 83.6 Å². The predicted molar refractivity (Wildman–Crippen MR) is 125 cm³/mol. The first kappa shape index (κ1) is 21.8. The van der Waals surface area contributed by atoms with Crippen molar-refractivity contribution in [1.82, 2.24) is 25.6 Å². The van der Waals surface area contributed by atoms with Crippen LogP contribution in [0.15, 0.2) is 84.2 Å². The van der Waals surface area contributed by atoms with Crippen molar-refractivity contribution in [3.05, 3.63) is 101 Å². The van der Waals surface area contributed by atoms with E-state index in [1.807, 2.05) is 24.3 Å². The molecule has 0 spiro atoms. The predicted octanol–water partition coefficient (Wildman–Crippen LogP) is 3.72. The van der Waals surface area contributed by atoms with E-state index < -0.39 is 0 Å². The third-order valence-electron chi connectivity index (χ3n) is 4.71. The van der Waals surface area contributed by atoms with Gasteiger partial charge in [-0.3, -0.25) is 9.59 Å². The molecule has 3 aromatic carbocycles. The van der Waals surface area contributed by atoms with Crippen molar-refractivity contribution in [2.45, 2.75) is 6.92 Å². The highest BCUT2D eigenvalue weighted by molar-refractivity contribution is 6.30. The molecule has 10 heteroatoms. The maximum absolute atomic E-state index is 12.5. The Morgan fingerprint density at radius 1 is 0.909 bits per heavy atom. The molecule has 1 aromatic heterocycles. The molecular formula is C23H18ClN7O2. The number of rotatable bonds is 6. The lowest BCUT2D eigenvalue weighted by molar-refractivity contribution is 0.0954. The Morgan fingerprint density at radius 3 is 2.30 bits per heavy atom. The number of hydrogen-bond donors (Lipinski definition) is 2. The standard InChI is InChI=1S/C23H18ClN7O2/c1-15(18-3-2-4-21(13-18)31-14-25-29-30-31)27-28-23(33)17-7-11-20(12-8-17)26-22(32)16-5-9-19(24)10-6-16/h2-14H,1H3,(H,26,32)(H,28,33)/b27-15+. The minimum absolute atomic E-state index is 0.270. The van der Waals surface area contributed by atoms with Gasteiger partial charge in [-0.15, -0.1) is 5.10 Å². The number of nitrogens with zero attached hydrogens (tertiary/aromatic N) is 5. The van der Waals surface area contributed by atoms with Gasteiger partial charge in [0.15, 0.2) is 0 Å². The molecule has 4 aromatic rings. The fraction of sp³-hybridized carbons (Fsp3) is 0.0435. The van der Waals surface area contributed by atoms with Crippen LogP contribution in [0.1, 0.15) is 33.2 Å². The fourth-order valence-corrected chi connectivity index (χ4v) is 3.05.